The topological polar surface area (TPSA) is 93.9 Å². The van der Waals surface area contributed by atoms with Crippen LogP contribution in [0.4, 0.5) is 4.79 Å². The highest BCUT2D eigenvalue weighted by atomic mass is 16.5. The first-order valence-electron chi connectivity index (χ1n) is 5.85. The molecule has 18 heavy (non-hydrogen) atoms. The van der Waals surface area contributed by atoms with Gasteiger partial charge in [0.15, 0.2) is 6.10 Å². The highest BCUT2D eigenvalue weighted by Gasteiger charge is 2.30. The molecular weight excluding hydrogens is 238 g/mol. The third-order valence-corrected chi connectivity index (χ3v) is 2.76. The summed E-state index contributed by atoms with van der Waals surface area (Å²) < 4.78 is 5.05. The standard InChI is InChI=1S/C11H17N3O4/c1-2-13(5-3-4-12)11(17)14-6-7-18-9(8-14)10(15)16/h9H,2-3,5-8H2,1H3,(H,15,16). The van der Waals surface area contributed by atoms with E-state index >= 15 is 0 Å². The Bertz CT molecular complexity index is 353. The fraction of sp³-hybridized carbons (Fsp3) is 0.727. The molecule has 0 saturated carbocycles. The molecule has 0 aliphatic carbocycles. The van der Waals surface area contributed by atoms with Gasteiger partial charge in [-0.15, -0.1) is 0 Å². The molecule has 1 unspecified atom stereocenters. The summed E-state index contributed by atoms with van der Waals surface area (Å²) in [6.45, 7) is 3.34. The van der Waals surface area contributed by atoms with Gasteiger partial charge in [-0.1, -0.05) is 0 Å². The molecule has 1 atom stereocenters. The van der Waals surface area contributed by atoms with E-state index in [1.165, 1.54) is 9.80 Å². The maximum Gasteiger partial charge on any atom is 0.334 e. The number of carboxylic acids is 1. The zero-order valence-corrected chi connectivity index (χ0v) is 10.3. The van der Waals surface area contributed by atoms with Crippen LogP contribution in [0.15, 0.2) is 0 Å². The van der Waals surface area contributed by atoms with E-state index in [9.17, 15) is 9.59 Å². The summed E-state index contributed by atoms with van der Waals surface area (Å²) in [4.78, 5) is 25.9. The Morgan fingerprint density at radius 3 is 2.89 bits per heavy atom. The third-order valence-electron chi connectivity index (χ3n) is 2.76. The van der Waals surface area contributed by atoms with Crippen molar-refractivity contribution in [3.05, 3.63) is 0 Å². The predicted octanol–water partition coefficient (Wildman–Crippen LogP) is 0.127. The van der Waals surface area contributed by atoms with Gasteiger partial charge < -0.3 is 19.6 Å². The lowest BCUT2D eigenvalue weighted by molar-refractivity contribution is -0.154. The maximum absolute atomic E-state index is 12.1. The molecule has 1 rings (SSSR count). The van der Waals surface area contributed by atoms with Crippen molar-refractivity contribution in [1.29, 1.82) is 5.26 Å². The minimum absolute atomic E-state index is 0.0528. The van der Waals surface area contributed by atoms with Crippen LogP contribution >= 0.6 is 0 Å². The number of amides is 2. The largest absolute Gasteiger partial charge is 0.479 e. The van der Waals surface area contributed by atoms with Crippen LogP contribution < -0.4 is 0 Å². The zero-order chi connectivity index (χ0) is 13.5. The number of carboxylic acid groups (broad SMARTS) is 1. The molecule has 7 heteroatoms. The molecule has 0 aromatic heterocycles. The number of hydrogen-bond acceptors (Lipinski definition) is 4. The van der Waals surface area contributed by atoms with Gasteiger partial charge in [0.05, 0.1) is 25.6 Å². The van der Waals surface area contributed by atoms with Crippen molar-refractivity contribution in [3.63, 3.8) is 0 Å². The number of hydrogen-bond donors (Lipinski definition) is 1. The lowest BCUT2D eigenvalue weighted by Gasteiger charge is -2.34. The first kappa shape index (κ1) is 14.3. The van der Waals surface area contributed by atoms with E-state index in [1.54, 1.807) is 0 Å². The van der Waals surface area contributed by atoms with Gasteiger partial charge in [0.25, 0.3) is 0 Å². The Labute approximate surface area is 106 Å². The van der Waals surface area contributed by atoms with Crippen LogP contribution in [-0.2, 0) is 9.53 Å². The zero-order valence-electron chi connectivity index (χ0n) is 10.3. The highest BCUT2D eigenvalue weighted by Crippen LogP contribution is 2.09. The number of urea groups is 1. The van der Waals surface area contributed by atoms with Crippen LogP contribution in [0.1, 0.15) is 13.3 Å². The number of nitriles is 1. The van der Waals surface area contributed by atoms with E-state index in [1.807, 2.05) is 13.0 Å². The van der Waals surface area contributed by atoms with Gasteiger partial charge in [-0.2, -0.15) is 5.26 Å². The molecule has 1 aliphatic heterocycles. The Morgan fingerprint density at radius 2 is 2.33 bits per heavy atom. The number of morpholine rings is 1. The van der Waals surface area contributed by atoms with Crippen molar-refractivity contribution in [2.45, 2.75) is 19.4 Å². The molecule has 1 saturated heterocycles. The first-order chi connectivity index (χ1) is 8.60. The van der Waals surface area contributed by atoms with Crippen molar-refractivity contribution < 1.29 is 19.4 Å². The summed E-state index contributed by atoms with van der Waals surface area (Å²) in [6.07, 6.45) is -0.691. The van der Waals surface area contributed by atoms with E-state index < -0.39 is 12.1 Å². The summed E-state index contributed by atoms with van der Waals surface area (Å²) in [5.74, 6) is -1.06. The fourth-order valence-corrected chi connectivity index (χ4v) is 1.75. The minimum atomic E-state index is -1.06. The minimum Gasteiger partial charge on any atom is -0.479 e. The van der Waals surface area contributed by atoms with Gasteiger partial charge in [0.1, 0.15) is 0 Å². The number of ether oxygens (including phenoxy) is 1. The highest BCUT2D eigenvalue weighted by molar-refractivity contribution is 5.77. The Hall–Kier alpha value is -1.81. The fourth-order valence-electron chi connectivity index (χ4n) is 1.75. The number of carbonyl (C=O) groups excluding carboxylic acids is 1. The normalized spacial score (nSPS) is 19.1. The molecule has 100 valence electrons. The van der Waals surface area contributed by atoms with Crippen LogP contribution in [-0.4, -0.2) is 65.8 Å². The van der Waals surface area contributed by atoms with Crippen molar-refractivity contribution in [2.75, 3.05) is 32.8 Å². The maximum atomic E-state index is 12.1. The summed E-state index contributed by atoms with van der Waals surface area (Å²) >= 11 is 0. The van der Waals surface area contributed by atoms with Crippen LogP contribution in [0, 0.1) is 11.3 Å². The van der Waals surface area contributed by atoms with Gasteiger partial charge in [0, 0.05) is 19.6 Å². The molecule has 0 spiro atoms. The van der Waals surface area contributed by atoms with E-state index in [-0.39, 0.29) is 25.6 Å². The summed E-state index contributed by atoms with van der Waals surface area (Å²) in [7, 11) is 0. The Morgan fingerprint density at radius 1 is 1.61 bits per heavy atom. The average Bonchev–Trinajstić information content (AvgIpc) is 2.39. The predicted molar refractivity (Wildman–Crippen MR) is 61.8 cm³/mol. The third kappa shape index (κ3) is 3.60. The Balaban J connectivity index is 2.59. The van der Waals surface area contributed by atoms with Crippen molar-refractivity contribution in [1.82, 2.24) is 9.80 Å². The van der Waals surface area contributed by atoms with Gasteiger partial charge in [-0.25, -0.2) is 9.59 Å². The van der Waals surface area contributed by atoms with E-state index in [2.05, 4.69) is 0 Å². The molecule has 1 N–H and O–H groups in total. The van der Waals surface area contributed by atoms with E-state index in [4.69, 9.17) is 15.1 Å². The molecule has 0 aromatic carbocycles. The summed E-state index contributed by atoms with van der Waals surface area (Å²) in [5.41, 5.74) is 0. The van der Waals surface area contributed by atoms with Crippen LogP contribution in [0.25, 0.3) is 0 Å². The van der Waals surface area contributed by atoms with Crippen LogP contribution in [0.5, 0.6) is 0 Å². The molecule has 0 bridgehead atoms. The number of carbonyl (C=O) groups is 2. The van der Waals surface area contributed by atoms with E-state index in [0.717, 1.165) is 0 Å². The van der Waals surface area contributed by atoms with Crippen LogP contribution in [0.2, 0.25) is 0 Å². The van der Waals surface area contributed by atoms with Crippen molar-refractivity contribution in [3.8, 4) is 6.07 Å². The molecule has 0 aromatic rings. The number of rotatable bonds is 4. The van der Waals surface area contributed by atoms with Gasteiger partial charge >= 0.3 is 12.0 Å². The summed E-state index contributed by atoms with van der Waals surface area (Å²) in [5, 5.41) is 17.4. The lowest BCUT2D eigenvalue weighted by Crippen LogP contribution is -2.53. The Kier molecular flexibility index (Phi) is 5.39. The number of aliphatic carboxylic acids is 1. The van der Waals surface area contributed by atoms with Crippen molar-refractivity contribution >= 4 is 12.0 Å². The molecule has 2 amide bonds. The quantitative estimate of drug-likeness (QED) is 0.770. The van der Waals surface area contributed by atoms with Gasteiger partial charge in [-0.3, -0.25) is 0 Å². The first-order valence-corrected chi connectivity index (χ1v) is 5.85. The second-order valence-electron chi connectivity index (χ2n) is 3.91. The molecule has 1 heterocycles. The second-order valence-corrected chi connectivity index (χ2v) is 3.91. The molecular formula is C11H17N3O4. The van der Waals surface area contributed by atoms with Gasteiger partial charge in [0.2, 0.25) is 0 Å². The SMILES string of the molecule is CCN(CCC#N)C(=O)N1CCOC(C(=O)O)C1. The van der Waals surface area contributed by atoms with Gasteiger partial charge in [-0.05, 0) is 6.92 Å². The number of nitrogens with zero attached hydrogens (tertiary/aromatic N) is 3. The second kappa shape index (κ2) is 6.81. The van der Waals surface area contributed by atoms with Crippen molar-refractivity contribution in [2.24, 2.45) is 0 Å². The molecule has 0 radical (unpaired) electrons. The monoisotopic (exact) mass is 255 g/mol. The van der Waals surface area contributed by atoms with E-state index in [0.29, 0.717) is 19.6 Å². The molecule has 7 nitrogen and oxygen atoms in total. The molecule has 1 aliphatic rings. The summed E-state index contributed by atoms with van der Waals surface area (Å²) in [6, 6.07) is 1.75. The smallest absolute Gasteiger partial charge is 0.334 e. The lowest BCUT2D eigenvalue weighted by atomic mass is 10.3. The average molecular weight is 255 g/mol. The van der Waals surface area contributed by atoms with Crippen LogP contribution in [0.3, 0.4) is 0 Å². The molecule has 1 fully saturated rings.